The van der Waals surface area contributed by atoms with Crippen molar-refractivity contribution in [2.24, 2.45) is 0 Å². The van der Waals surface area contributed by atoms with Gasteiger partial charge in [-0.3, -0.25) is 9.59 Å². The molecule has 0 bridgehead atoms. The SMILES string of the molecule is CCN1CCN(C(=O)CC(=O)N2CCN(CC)CC2)CC1. The lowest BCUT2D eigenvalue weighted by atomic mass is 10.2. The Morgan fingerprint density at radius 3 is 1.29 bits per heavy atom. The number of nitrogens with zero attached hydrogens (tertiary/aromatic N) is 4. The Hall–Kier alpha value is -1.14. The first-order chi connectivity index (χ1) is 10.1. The van der Waals surface area contributed by atoms with Crippen LogP contribution < -0.4 is 0 Å². The average molecular weight is 296 g/mol. The number of hydrogen-bond acceptors (Lipinski definition) is 4. The Morgan fingerprint density at radius 1 is 0.667 bits per heavy atom. The number of carbonyl (C=O) groups is 2. The van der Waals surface area contributed by atoms with E-state index in [9.17, 15) is 9.59 Å². The molecule has 6 heteroatoms. The van der Waals surface area contributed by atoms with E-state index in [0.717, 1.165) is 65.4 Å². The molecule has 21 heavy (non-hydrogen) atoms. The van der Waals surface area contributed by atoms with Crippen molar-refractivity contribution < 1.29 is 9.59 Å². The van der Waals surface area contributed by atoms with Gasteiger partial charge >= 0.3 is 0 Å². The summed E-state index contributed by atoms with van der Waals surface area (Å²) in [6.07, 6.45) is 0.0399. The van der Waals surface area contributed by atoms with E-state index in [0.29, 0.717) is 0 Å². The lowest BCUT2D eigenvalue weighted by Gasteiger charge is -2.36. The van der Waals surface area contributed by atoms with Gasteiger partial charge in [0.1, 0.15) is 6.42 Å². The molecule has 0 aliphatic carbocycles. The van der Waals surface area contributed by atoms with Gasteiger partial charge in [0, 0.05) is 52.4 Å². The molecule has 2 aliphatic rings. The molecule has 2 amide bonds. The third kappa shape index (κ3) is 4.41. The van der Waals surface area contributed by atoms with Crippen LogP contribution in [0.4, 0.5) is 0 Å². The largest absolute Gasteiger partial charge is 0.340 e. The Morgan fingerprint density at radius 2 is 1.00 bits per heavy atom. The van der Waals surface area contributed by atoms with Crippen LogP contribution in [0.15, 0.2) is 0 Å². The number of carbonyl (C=O) groups excluding carboxylic acids is 2. The molecule has 0 radical (unpaired) electrons. The Balaban J connectivity index is 1.74. The first kappa shape index (κ1) is 16.2. The molecule has 2 rings (SSSR count). The lowest BCUT2D eigenvalue weighted by Crippen LogP contribution is -2.51. The molecule has 0 aromatic heterocycles. The van der Waals surface area contributed by atoms with Crippen molar-refractivity contribution in [1.29, 1.82) is 0 Å². The summed E-state index contributed by atoms with van der Waals surface area (Å²) in [5.41, 5.74) is 0. The number of likely N-dealkylation sites (N-methyl/N-ethyl adjacent to an activating group) is 2. The first-order valence-electron chi connectivity index (χ1n) is 8.14. The van der Waals surface area contributed by atoms with Crippen LogP contribution in [0.1, 0.15) is 20.3 Å². The summed E-state index contributed by atoms with van der Waals surface area (Å²) in [5, 5.41) is 0. The zero-order valence-electron chi connectivity index (χ0n) is 13.4. The fraction of sp³-hybridized carbons (Fsp3) is 0.867. The van der Waals surface area contributed by atoms with Crippen molar-refractivity contribution in [3.63, 3.8) is 0 Å². The summed E-state index contributed by atoms with van der Waals surface area (Å²) >= 11 is 0. The highest BCUT2D eigenvalue weighted by Gasteiger charge is 2.26. The zero-order valence-corrected chi connectivity index (χ0v) is 13.4. The maximum absolute atomic E-state index is 12.2. The van der Waals surface area contributed by atoms with E-state index in [1.54, 1.807) is 0 Å². The predicted octanol–water partition coefficient (Wildman–Crippen LogP) is -0.295. The number of piperazine rings is 2. The monoisotopic (exact) mass is 296 g/mol. The van der Waals surface area contributed by atoms with Crippen LogP contribution in [0.2, 0.25) is 0 Å². The molecule has 120 valence electrons. The Kier molecular flexibility index (Phi) is 5.99. The molecule has 0 aromatic rings. The molecule has 2 fully saturated rings. The van der Waals surface area contributed by atoms with Crippen LogP contribution in [-0.4, -0.2) is 96.9 Å². The van der Waals surface area contributed by atoms with Crippen molar-refractivity contribution in [2.75, 3.05) is 65.4 Å². The lowest BCUT2D eigenvalue weighted by molar-refractivity contribution is -0.142. The molecule has 0 atom stereocenters. The number of rotatable bonds is 4. The van der Waals surface area contributed by atoms with Crippen molar-refractivity contribution in [3.8, 4) is 0 Å². The van der Waals surface area contributed by atoms with Crippen LogP contribution in [0.5, 0.6) is 0 Å². The van der Waals surface area contributed by atoms with Gasteiger partial charge in [0.25, 0.3) is 0 Å². The summed E-state index contributed by atoms with van der Waals surface area (Å²) in [6.45, 7) is 13.0. The zero-order chi connectivity index (χ0) is 15.2. The third-order valence-electron chi connectivity index (χ3n) is 4.65. The minimum absolute atomic E-state index is 0.00586. The second kappa shape index (κ2) is 7.75. The average Bonchev–Trinajstić information content (AvgIpc) is 2.55. The molecule has 0 N–H and O–H groups in total. The molecule has 0 aromatic carbocycles. The van der Waals surface area contributed by atoms with Crippen LogP contribution in [0, 0.1) is 0 Å². The third-order valence-corrected chi connectivity index (χ3v) is 4.65. The van der Waals surface area contributed by atoms with Crippen molar-refractivity contribution in [1.82, 2.24) is 19.6 Å². The summed E-state index contributed by atoms with van der Waals surface area (Å²) in [6, 6.07) is 0. The van der Waals surface area contributed by atoms with E-state index in [-0.39, 0.29) is 18.2 Å². The number of amides is 2. The van der Waals surface area contributed by atoms with E-state index < -0.39 is 0 Å². The minimum Gasteiger partial charge on any atom is -0.340 e. The van der Waals surface area contributed by atoms with Gasteiger partial charge in [0.2, 0.25) is 11.8 Å². The van der Waals surface area contributed by atoms with E-state index >= 15 is 0 Å². The maximum Gasteiger partial charge on any atom is 0.232 e. The normalized spacial score (nSPS) is 21.6. The molecule has 6 nitrogen and oxygen atoms in total. The second-order valence-electron chi connectivity index (χ2n) is 5.81. The fourth-order valence-corrected chi connectivity index (χ4v) is 2.98. The number of hydrogen-bond donors (Lipinski definition) is 0. The molecular formula is C15H28N4O2. The van der Waals surface area contributed by atoms with Gasteiger partial charge in [-0.25, -0.2) is 0 Å². The van der Waals surface area contributed by atoms with E-state index in [1.165, 1.54) is 0 Å². The van der Waals surface area contributed by atoms with Gasteiger partial charge in [-0.15, -0.1) is 0 Å². The quantitative estimate of drug-likeness (QED) is 0.669. The standard InChI is InChI=1S/C15H28N4O2/c1-3-16-5-9-18(10-6-16)14(20)13-15(21)19-11-7-17(4-2)8-12-19/h3-13H2,1-2H3. The van der Waals surface area contributed by atoms with E-state index in [2.05, 4.69) is 23.6 Å². The highest BCUT2D eigenvalue weighted by Crippen LogP contribution is 2.07. The smallest absolute Gasteiger partial charge is 0.232 e. The van der Waals surface area contributed by atoms with Gasteiger partial charge < -0.3 is 19.6 Å². The van der Waals surface area contributed by atoms with Crippen molar-refractivity contribution in [3.05, 3.63) is 0 Å². The van der Waals surface area contributed by atoms with Crippen molar-refractivity contribution in [2.45, 2.75) is 20.3 Å². The molecular weight excluding hydrogens is 268 g/mol. The molecule has 0 unspecified atom stereocenters. The fourth-order valence-electron chi connectivity index (χ4n) is 2.98. The minimum atomic E-state index is -0.00586. The van der Waals surface area contributed by atoms with E-state index in [1.807, 2.05) is 9.80 Å². The highest BCUT2D eigenvalue weighted by atomic mass is 16.2. The molecule has 0 saturated carbocycles. The first-order valence-corrected chi connectivity index (χ1v) is 8.14. The van der Waals surface area contributed by atoms with Gasteiger partial charge in [0.05, 0.1) is 0 Å². The van der Waals surface area contributed by atoms with Crippen LogP contribution in [0.25, 0.3) is 0 Å². The molecule has 0 spiro atoms. The van der Waals surface area contributed by atoms with Gasteiger partial charge in [0.15, 0.2) is 0 Å². The van der Waals surface area contributed by atoms with Crippen molar-refractivity contribution >= 4 is 11.8 Å². The van der Waals surface area contributed by atoms with Gasteiger partial charge in [-0.2, -0.15) is 0 Å². The van der Waals surface area contributed by atoms with Crippen LogP contribution in [-0.2, 0) is 9.59 Å². The van der Waals surface area contributed by atoms with Crippen LogP contribution >= 0.6 is 0 Å². The van der Waals surface area contributed by atoms with Gasteiger partial charge in [-0.05, 0) is 13.1 Å². The summed E-state index contributed by atoms with van der Waals surface area (Å²) in [5.74, 6) is -0.0117. The Bertz CT molecular complexity index is 325. The Labute approximate surface area is 127 Å². The predicted molar refractivity (Wildman–Crippen MR) is 82.0 cm³/mol. The summed E-state index contributed by atoms with van der Waals surface area (Å²) in [4.78, 5) is 32.8. The molecule has 2 heterocycles. The van der Waals surface area contributed by atoms with E-state index in [4.69, 9.17) is 0 Å². The molecule has 2 saturated heterocycles. The topological polar surface area (TPSA) is 47.1 Å². The highest BCUT2D eigenvalue weighted by molar-refractivity contribution is 5.97. The molecule has 2 aliphatic heterocycles. The summed E-state index contributed by atoms with van der Waals surface area (Å²) in [7, 11) is 0. The second-order valence-corrected chi connectivity index (χ2v) is 5.81. The van der Waals surface area contributed by atoms with Gasteiger partial charge in [-0.1, -0.05) is 13.8 Å². The maximum atomic E-state index is 12.2. The van der Waals surface area contributed by atoms with Crippen LogP contribution in [0.3, 0.4) is 0 Å². The summed E-state index contributed by atoms with van der Waals surface area (Å²) < 4.78 is 0.